The Morgan fingerprint density at radius 1 is 1.19 bits per heavy atom. The number of carboxylic acid groups (broad SMARTS) is 1. The number of halogens is 1. The minimum atomic E-state index is -1.01. The standard InChI is InChI=1S/C20H19ClN2O4/c1-12(24)23-9-8-14-10-15(4-7-18(14)23)20(27)22-17(11-19(25)26)13-2-5-16(21)6-3-13/h2-7,10,17H,8-9,11H2,1H3,(H,22,27)(H,25,26). The van der Waals surface area contributed by atoms with E-state index in [-0.39, 0.29) is 18.2 Å². The van der Waals surface area contributed by atoms with E-state index >= 15 is 0 Å². The highest BCUT2D eigenvalue weighted by atomic mass is 35.5. The fraction of sp³-hybridized carbons (Fsp3) is 0.250. The van der Waals surface area contributed by atoms with Crippen molar-refractivity contribution in [2.75, 3.05) is 11.4 Å². The van der Waals surface area contributed by atoms with E-state index in [0.29, 0.717) is 29.1 Å². The van der Waals surface area contributed by atoms with Gasteiger partial charge in [-0.1, -0.05) is 23.7 Å². The number of amides is 2. The van der Waals surface area contributed by atoms with E-state index in [2.05, 4.69) is 5.32 Å². The van der Waals surface area contributed by atoms with Crippen molar-refractivity contribution >= 4 is 35.1 Å². The van der Waals surface area contributed by atoms with E-state index in [1.165, 1.54) is 6.92 Å². The second-order valence-corrected chi connectivity index (χ2v) is 6.88. The maximum Gasteiger partial charge on any atom is 0.305 e. The van der Waals surface area contributed by atoms with E-state index < -0.39 is 12.0 Å². The number of nitrogens with zero attached hydrogens (tertiary/aromatic N) is 1. The Hall–Kier alpha value is -2.86. The third-order valence-electron chi connectivity index (χ3n) is 4.57. The monoisotopic (exact) mass is 386 g/mol. The van der Waals surface area contributed by atoms with Gasteiger partial charge >= 0.3 is 5.97 Å². The first-order valence-electron chi connectivity index (χ1n) is 8.54. The fourth-order valence-electron chi connectivity index (χ4n) is 3.23. The molecular weight excluding hydrogens is 368 g/mol. The smallest absolute Gasteiger partial charge is 0.305 e. The maximum absolute atomic E-state index is 12.7. The van der Waals surface area contributed by atoms with Gasteiger partial charge in [-0.3, -0.25) is 14.4 Å². The van der Waals surface area contributed by atoms with Crippen molar-refractivity contribution in [3.8, 4) is 0 Å². The molecule has 2 aromatic rings. The number of aliphatic carboxylic acids is 1. The summed E-state index contributed by atoms with van der Waals surface area (Å²) in [4.78, 5) is 37.2. The van der Waals surface area contributed by atoms with Crippen molar-refractivity contribution in [1.29, 1.82) is 0 Å². The number of anilines is 1. The molecule has 0 saturated heterocycles. The molecule has 2 amide bonds. The van der Waals surface area contributed by atoms with Gasteiger partial charge in [-0.25, -0.2) is 0 Å². The topological polar surface area (TPSA) is 86.7 Å². The molecule has 0 radical (unpaired) electrons. The second-order valence-electron chi connectivity index (χ2n) is 6.44. The molecule has 2 N–H and O–H groups in total. The van der Waals surface area contributed by atoms with Gasteiger partial charge in [0.25, 0.3) is 5.91 Å². The lowest BCUT2D eigenvalue weighted by atomic mass is 10.0. The number of fused-ring (bicyclic) bond motifs is 1. The number of benzene rings is 2. The Balaban J connectivity index is 1.81. The zero-order valence-electron chi connectivity index (χ0n) is 14.7. The predicted molar refractivity (Wildman–Crippen MR) is 102 cm³/mol. The van der Waals surface area contributed by atoms with Crippen LogP contribution in [-0.4, -0.2) is 29.4 Å². The number of carbonyl (C=O) groups excluding carboxylic acids is 2. The van der Waals surface area contributed by atoms with E-state index in [1.54, 1.807) is 47.4 Å². The summed E-state index contributed by atoms with van der Waals surface area (Å²) in [5, 5.41) is 12.5. The van der Waals surface area contributed by atoms with Gasteiger partial charge in [0.2, 0.25) is 5.91 Å². The number of nitrogens with one attached hydrogen (secondary N) is 1. The average Bonchev–Trinajstić information content (AvgIpc) is 3.04. The minimum Gasteiger partial charge on any atom is -0.481 e. The molecule has 2 aromatic carbocycles. The molecule has 1 aliphatic rings. The molecule has 0 saturated carbocycles. The van der Waals surface area contributed by atoms with Gasteiger partial charge in [0.1, 0.15) is 0 Å². The van der Waals surface area contributed by atoms with Crippen molar-refractivity contribution in [2.24, 2.45) is 0 Å². The number of hydrogen-bond acceptors (Lipinski definition) is 3. The molecule has 1 aliphatic heterocycles. The highest BCUT2D eigenvalue weighted by Gasteiger charge is 2.24. The van der Waals surface area contributed by atoms with Crippen molar-refractivity contribution < 1.29 is 19.5 Å². The summed E-state index contributed by atoms with van der Waals surface area (Å²) in [6, 6.07) is 11.2. The maximum atomic E-state index is 12.7. The SMILES string of the molecule is CC(=O)N1CCc2cc(C(=O)NC(CC(=O)O)c3ccc(Cl)cc3)ccc21. The molecule has 140 valence electrons. The van der Waals surface area contributed by atoms with E-state index in [9.17, 15) is 19.5 Å². The second kappa shape index (κ2) is 7.80. The first kappa shape index (κ1) is 18.9. The molecule has 0 bridgehead atoms. The molecule has 0 aliphatic carbocycles. The molecular formula is C20H19ClN2O4. The number of carbonyl (C=O) groups is 3. The van der Waals surface area contributed by atoms with Crippen LogP contribution in [0.1, 0.15) is 40.9 Å². The van der Waals surface area contributed by atoms with Crippen LogP contribution in [0, 0.1) is 0 Å². The van der Waals surface area contributed by atoms with Gasteiger partial charge in [-0.2, -0.15) is 0 Å². The van der Waals surface area contributed by atoms with Gasteiger partial charge in [0, 0.05) is 29.7 Å². The van der Waals surface area contributed by atoms with Crippen molar-refractivity contribution in [3.63, 3.8) is 0 Å². The summed E-state index contributed by atoms with van der Waals surface area (Å²) in [6.45, 7) is 2.11. The molecule has 1 atom stereocenters. The van der Waals surface area contributed by atoms with Crippen molar-refractivity contribution in [3.05, 3.63) is 64.2 Å². The lowest BCUT2D eigenvalue weighted by Gasteiger charge is -2.18. The average molecular weight is 387 g/mol. The molecule has 1 heterocycles. The molecule has 0 spiro atoms. The van der Waals surface area contributed by atoms with Crippen LogP contribution in [0.25, 0.3) is 0 Å². The van der Waals surface area contributed by atoms with Gasteiger partial charge < -0.3 is 15.3 Å². The van der Waals surface area contributed by atoms with Crippen LogP contribution < -0.4 is 10.2 Å². The first-order valence-corrected chi connectivity index (χ1v) is 8.92. The normalized spacial score (nSPS) is 13.8. The summed E-state index contributed by atoms with van der Waals surface area (Å²) in [5.74, 6) is -1.41. The summed E-state index contributed by atoms with van der Waals surface area (Å²) in [6.07, 6.45) is 0.447. The van der Waals surface area contributed by atoms with Crippen LogP contribution in [0.2, 0.25) is 5.02 Å². The third kappa shape index (κ3) is 4.28. The van der Waals surface area contributed by atoms with E-state index in [1.807, 2.05) is 0 Å². The highest BCUT2D eigenvalue weighted by molar-refractivity contribution is 6.30. The van der Waals surface area contributed by atoms with Gasteiger partial charge in [-0.15, -0.1) is 0 Å². The Morgan fingerprint density at radius 2 is 1.89 bits per heavy atom. The van der Waals surface area contributed by atoms with Crippen LogP contribution >= 0.6 is 11.6 Å². The van der Waals surface area contributed by atoms with E-state index in [0.717, 1.165) is 11.3 Å². The minimum absolute atomic E-state index is 0.0322. The highest BCUT2D eigenvalue weighted by Crippen LogP contribution is 2.29. The van der Waals surface area contributed by atoms with E-state index in [4.69, 9.17) is 11.6 Å². The number of rotatable bonds is 5. The number of carboxylic acids is 1. The summed E-state index contributed by atoms with van der Waals surface area (Å²) >= 11 is 5.88. The van der Waals surface area contributed by atoms with Crippen LogP contribution in [0.4, 0.5) is 5.69 Å². The Kier molecular flexibility index (Phi) is 5.46. The largest absolute Gasteiger partial charge is 0.481 e. The zero-order chi connectivity index (χ0) is 19.6. The summed E-state index contributed by atoms with van der Waals surface area (Å²) in [5.41, 5.74) is 2.85. The Labute approximate surface area is 161 Å². The van der Waals surface area contributed by atoms with Crippen LogP contribution in [0.15, 0.2) is 42.5 Å². The first-order chi connectivity index (χ1) is 12.8. The zero-order valence-corrected chi connectivity index (χ0v) is 15.5. The lowest BCUT2D eigenvalue weighted by molar-refractivity contribution is -0.137. The molecule has 3 rings (SSSR count). The van der Waals surface area contributed by atoms with Gasteiger partial charge in [0.05, 0.1) is 12.5 Å². The van der Waals surface area contributed by atoms with Crippen LogP contribution in [-0.2, 0) is 16.0 Å². The van der Waals surface area contributed by atoms with Crippen LogP contribution in [0.3, 0.4) is 0 Å². The third-order valence-corrected chi connectivity index (χ3v) is 4.83. The quantitative estimate of drug-likeness (QED) is 0.826. The lowest BCUT2D eigenvalue weighted by Crippen LogP contribution is -2.30. The Morgan fingerprint density at radius 3 is 2.52 bits per heavy atom. The van der Waals surface area contributed by atoms with Gasteiger partial charge in [0.15, 0.2) is 0 Å². The van der Waals surface area contributed by atoms with Crippen LogP contribution in [0.5, 0.6) is 0 Å². The molecule has 7 heteroatoms. The summed E-state index contributed by atoms with van der Waals surface area (Å²) in [7, 11) is 0. The molecule has 1 unspecified atom stereocenters. The Bertz CT molecular complexity index is 895. The predicted octanol–water partition coefficient (Wildman–Crippen LogP) is 3.19. The van der Waals surface area contributed by atoms with Crippen molar-refractivity contribution in [2.45, 2.75) is 25.8 Å². The molecule has 27 heavy (non-hydrogen) atoms. The molecule has 6 nitrogen and oxygen atoms in total. The number of hydrogen-bond donors (Lipinski definition) is 2. The van der Waals surface area contributed by atoms with Gasteiger partial charge in [-0.05, 0) is 47.9 Å². The fourth-order valence-corrected chi connectivity index (χ4v) is 3.36. The van der Waals surface area contributed by atoms with Crippen molar-refractivity contribution in [1.82, 2.24) is 5.32 Å². The molecule has 0 aromatic heterocycles. The molecule has 0 fully saturated rings. The summed E-state index contributed by atoms with van der Waals surface area (Å²) < 4.78 is 0.